The Morgan fingerprint density at radius 1 is 1.00 bits per heavy atom. The molecule has 3 rings (SSSR count). The Morgan fingerprint density at radius 3 is 2.48 bits per heavy atom. The molecule has 0 saturated heterocycles. The summed E-state index contributed by atoms with van der Waals surface area (Å²) >= 11 is 0. The molecule has 1 aliphatic heterocycles. The van der Waals surface area contributed by atoms with Crippen LogP contribution < -0.4 is 4.90 Å². The molecule has 0 amide bonds. The molecule has 23 heavy (non-hydrogen) atoms. The van der Waals surface area contributed by atoms with Gasteiger partial charge >= 0.3 is 0 Å². The number of hydrogen-bond donors (Lipinski definition) is 0. The largest absolute Gasteiger partial charge is 0.341 e. The van der Waals surface area contributed by atoms with Gasteiger partial charge in [-0.15, -0.1) is 0 Å². The van der Waals surface area contributed by atoms with Gasteiger partial charge in [-0.05, 0) is 63.0 Å². The lowest BCUT2D eigenvalue weighted by atomic mass is 10.0. The zero-order chi connectivity index (χ0) is 16.4. The van der Waals surface area contributed by atoms with Crippen molar-refractivity contribution in [2.45, 2.75) is 26.7 Å². The lowest BCUT2D eigenvalue weighted by molar-refractivity contribution is 0.343. The lowest BCUT2D eigenvalue weighted by Crippen LogP contribution is -2.30. The standard InChI is InChI=1S/C21H28N2/c1-16-9-12-21-19(13-16)11-10-18-7-5-6-8-20(18)23(21)15-17(2)14-22(3)4/h5-9,12-13,17H,10-11,14-15H2,1-4H3. The van der Waals surface area contributed by atoms with Gasteiger partial charge in [0.25, 0.3) is 0 Å². The zero-order valence-corrected chi connectivity index (χ0v) is 14.8. The maximum atomic E-state index is 2.55. The van der Waals surface area contributed by atoms with E-state index < -0.39 is 0 Å². The number of rotatable bonds is 4. The summed E-state index contributed by atoms with van der Waals surface area (Å²) in [5.74, 6) is 0.616. The van der Waals surface area contributed by atoms with Crippen LogP contribution in [0.25, 0.3) is 0 Å². The number of aryl methyl sites for hydroxylation is 3. The average Bonchev–Trinajstić information content (AvgIpc) is 2.64. The summed E-state index contributed by atoms with van der Waals surface area (Å²) in [6, 6.07) is 15.8. The van der Waals surface area contributed by atoms with Crippen LogP contribution in [-0.2, 0) is 12.8 Å². The summed E-state index contributed by atoms with van der Waals surface area (Å²) in [7, 11) is 4.31. The minimum absolute atomic E-state index is 0.616. The van der Waals surface area contributed by atoms with Crippen LogP contribution >= 0.6 is 0 Å². The fraction of sp³-hybridized carbons (Fsp3) is 0.429. The van der Waals surface area contributed by atoms with Crippen LogP contribution in [0.1, 0.15) is 23.6 Å². The Hall–Kier alpha value is -1.80. The molecule has 1 aliphatic rings. The van der Waals surface area contributed by atoms with E-state index in [-0.39, 0.29) is 0 Å². The summed E-state index contributed by atoms with van der Waals surface area (Å²) in [6.07, 6.45) is 2.26. The van der Waals surface area contributed by atoms with E-state index in [0.29, 0.717) is 5.92 Å². The maximum absolute atomic E-state index is 2.55. The van der Waals surface area contributed by atoms with Gasteiger partial charge in [0.15, 0.2) is 0 Å². The van der Waals surface area contributed by atoms with E-state index >= 15 is 0 Å². The minimum Gasteiger partial charge on any atom is -0.341 e. The third-order valence-corrected chi connectivity index (χ3v) is 4.64. The van der Waals surface area contributed by atoms with E-state index in [2.05, 4.69) is 80.2 Å². The van der Waals surface area contributed by atoms with Crippen LogP contribution in [0.2, 0.25) is 0 Å². The molecule has 0 radical (unpaired) electrons. The van der Waals surface area contributed by atoms with Crippen molar-refractivity contribution in [1.29, 1.82) is 0 Å². The summed E-state index contributed by atoms with van der Waals surface area (Å²) in [5, 5.41) is 0. The number of fused-ring (bicyclic) bond motifs is 2. The first kappa shape index (κ1) is 16.1. The summed E-state index contributed by atoms with van der Waals surface area (Å²) in [5.41, 5.74) is 7.10. The first-order valence-electron chi connectivity index (χ1n) is 8.64. The van der Waals surface area contributed by atoms with Gasteiger partial charge in [-0.3, -0.25) is 0 Å². The molecule has 122 valence electrons. The highest BCUT2D eigenvalue weighted by atomic mass is 15.2. The van der Waals surface area contributed by atoms with Crippen LogP contribution in [-0.4, -0.2) is 32.1 Å². The van der Waals surface area contributed by atoms with E-state index in [1.165, 1.54) is 28.1 Å². The van der Waals surface area contributed by atoms with Gasteiger partial charge in [0.1, 0.15) is 0 Å². The molecule has 1 atom stereocenters. The van der Waals surface area contributed by atoms with Gasteiger partial charge in [-0.2, -0.15) is 0 Å². The van der Waals surface area contributed by atoms with E-state index in [9.17, 15) is 0 Å². The molecular formula is C21H28N2. The third-order valence-electron chi connectivity index (χ3n) is 4.64. The molecule has 0 bridgehead atoms. The van der Waals surface area contributed by atoms with Gasteiger partial charge in [-0.25, -0.2) is 0 Å². The van der Waals surface area contributed by atoms with Crippen LogP contribution in [0.15, 0.2) is 42.5 Å². The molecule has 2 nitrogen and oxygen atoms in total. The van der Waals surface area contributed by atoms with Crippen LogP contribution in [0.3, 0.4) is 0 Å². The van der Waals surface area contributed by atoms with Gasteiger partial charge in [0.05, 0.1) is 0 Å². The second-order valence-corrected chi connectivity index (χ2v) is 7.24. The predicted octanol–water partition coefficient (Wildman–Crippen LogP) is 4.43. The molecule has 0 aliphatic carbocycles. The molecule has 2 aromatic carbocycles. The molecule has 1 unspecified atom stereocenters. The van der Waals surface area contributed by atoms with E-state index in [1.54, 1.807) is 0 Å². The zero-order valence-electron chi connectivity index (χ0n) is 14.8. The Morgan fingerprint density at radius 2 is 1.70 bits per heavy atom. The van der Waals surface area contributed by atoms with Crippen LogP contribution in [0.5, 0.6) is 0 Å². The van der Waals surface area contributed by atoms with Crippen molar-refractivity contribution in [3.8, 4) is 0 Å². The topological polar surface area (TPSA) is 6.48 Å². The molecule has 1 heterocycles. The normalized spacial score (nSPS) is 15.1. The molecule has 2 aromatic rings. The summed E-state index contributed by atoms with van der Waals surface area (Å²) in [4.78, 5) is 4.83. The number of para-hydroxylation sites is 1. The maximum Gasteiger partial charge on any atom is 0.0443 e. The monoisotopic (exact) mass is 308 g/mol. The molecule has 0 N–H and O–H groups in total. The van der Waals surface area contributed by atoms with Crippen LogP contribution in [0.4, 0.5) is 11.4 Å². The molecule has 0 aromatic heterocycles. The van der Waals surface area contributed by atoms with Gasteiger partial charge < -0.3 is 9.80 Å². The molecule has 0 saturated carbocycles. The summed E-state index contributed by atoms with van der Waals surface area (Å²) in [6.45, 7) is 6.71. The van der Waals surface area contributed by atoms with Crippen molar-refractivity contribution in [3.63, 3.8) is 0 Å². The van der Waals surface area contributed by atoms with E-state index in [1.807, 2.05) is 0 Å². The third kappa shape index (κ3) is 3.59. The van der Waals surface area contributed by atoms with Crippen molar-refractivity contribution < 1.29 is 0 Å². The number of anilines is 2. The fourth-order valence-electron chi connectivity index (χ4n) is 3.75. The smallest absolute Gasteiger partial charge is 0.0443 e. The number of benzene rings is 2. The molecule has 0 spiro atoms. The van der Waals surface area contributed by atoms with Gasteiger partial charge in [-0.1, -0.05) is 42.8 Å². The van der Waals surface area contributed by atoms with Crippen molar-refractivity contribution >= 4 is 11.4 Å². The average molecular weight is 308 g/mol. The first-order chi connectivity index (χ1) is 11.0. The van der Waals surface area contributed by atoms with Crippen molar-refractivity contribution in [1.82, 2.24) is 4.90 Å². The fourth-order valence-corrected chi connectivity index (χ4v) is 3.75. The van der Waals surface area contributed by atoms with E-state index in [4.69, 9.17) is 0 Å². The predicted molar refractivity (Wildman–Crippen MR) is 99.8 cm³/mol. The number of nitrogens with zero attached hydrogens (tertiary/aromatic N) is 2. The molecular weight excluding hydrogens is 280 g/mol. The Bertz CT molecular complexity index is 675. The Balaban J connectivity index is 2.01. The van der Waals surface area contributed by atoms with Gasteiger partial charge in [0.2, 0.25) is 0 Å². The highest BCUT2D eigenvalue weighted by Crippen LogP contribution is 2.36. The second-order valence-electron chi connectivity index (χ2n) is 7.24. The minimum atomic E-state index is 0.616. The first-order valence-corrected chi connectivity index (χ1v) is 8.64. The van der Waals surface area contributed by atoms with Crippen molar-refractivity contribution in [3.05, 3.63) is 59.2 Å². The Labute approximate surface area is 140 Å². The van der Waals surface area contributed by atoms with Crippen LogP contribution in [0, 0.1) is 12.8 Å². The molecule has 2 heteroatoms. The Kier molecular flexibility index (Phi) is 4.72. The van der Waals surface area contributed by atoms with Gasteiger partial charge in [0, 0.05) is 24.5 Å². The SMILES string of the molecule is Cc1ccc2c(c1)CCc1ccccc1N2CC(C)CN(C)C. The number of hydrogen-bond acceptors (Lipinski definition) is 2. The second kappa shape index (κ2) is 6.76. The highest BCUT2D eigenvalue weighted by molar-refractivity contribution is 5.71. The lowest BCUT2D eigenvalue weighted by Gasteiger charge is -2.31. The quantitative estimate of drug-likeness (QED) is 0.824. The van der Waals surface area contributed by atoms with Crippen molar-refractivity contribution in [2.75, 3.05) is 32.1 Å². The summed E-state index contributed by atoms with van der Waals surface area (Å²) < 4.78 is 0. The molecule has 0 fully saturated rings. The van der Waals surface area contributed by atoms with E-state index in [0.717, 1.165) is 25.9 Å². The highest BCUT2D eigenvalue weighted by Gasteiger charge is 2.22. The van der Waals surface area contributed by atoms with Crippen molar-refractivity contribution in [2.24, 2.45) is 5.92 Å².